The molecule has 0 spiro atoms. The van der Waals surface area contributed by atoms with Gasteiger partial charge in [-0.25, -0.2) is 14.4 Å². The van der Waals surface area contributed by atoms with Crippen molar-refractivity contribution in [3.63, 3.8) is 0 Å². The maximum absolute atomic E-state index is 12.5. The van der Waals surface area contributed by atoms with Crippen LogP contribution in [-0.2, 0) is 16.0 Å². The Morgan fingerprint density at radius 1 is 1.12 bits per heavy atom. The maximum atomic E-state index is 12.5. The van der Waals surface area contributed by atoms with E-state index in [-0.39, 0.29) is 16.8 Å². The van der Waals surface area contributed by atoms with E-state index in [0.29, 0.717) is 6.54 Å². The molecule has 9 heteroatoms. The molecule has 0 aliphatic heterocycles. The van der Waals surface area contributed by atoms with Crippen LogP contribution in [0, 0.1) is 0 Å². The van der Waals surface area contributed by atoms with Crippen LogP contribution in [0.5, 0.6) is 0 Å². The summed E-state index contributed by atoms with van der Waals surface area (Å²) in [7, 11) is 4.12. The van der Waals surface area contributed by atoms with Gasteiger partial charge in [-0.15, -0.1) is 11.3 Å². The highest BCUT2D eigenvalue weighted by atomic mass is 79.9. The number of benzene rings is 1. The van der Waals surface area contributed by atoms with E-state index in [4.69, 9.17) is 4.74 Å². The molecule has 0 saturated carbocycles. The van der Waals surface area contributed by atoms with Gasteiger partial charge in [0.2, 0.25) is 0 Å². The minimum absolute atomic E-state index is 0.140. The van der Waals surface area contributed by atoms with E-state index in [1.807, 2.05) is 12.1 Å². The van der Waals surface area contributed by atoms with Crippen LogP contribution in [0.25, 0.3) is 0 Å². The minimum Gasteiger partial charge on any atom is -0.465 e. The molecule has 1 aromatic carbocycles. The van der Waals surface area contributed by atoms with Crippen molar-refractivity contribution in [3.8, 4) is 0 Å². The molecule has 0 radical (unpaired) electrons. The molecule has 2 amide bonds. The number of ether oxygens (including phenoxy) is 2. The van der Waals surface area contributed by atoms with Crippen LogP contribution in [0.15, 0.2) is 34.1 Å². The SMILES string of the molecule is COC(=O)c1ccc(C(=O)OC)c(NC(=O)N(C)Cc2ccc(Br)s2)c1. The van der Waals surface area contributed by atoms with Crippen LogP contribution in [0.2, 0.25) is 0 Å². The number of hydrogen-bond donors (Lipinski definition) is 1. The normalized spacial score (nSPS) is 10.2. The van der Waals surface area contributed by atoms with E-state index in [1.165, 1.54) is 48.7 Å². The Morgan fingerprint density at radius 3 is 2.38 bits per heavy atom. The number of rotatable bonds is 5. The van der Waals surface area contributed by atoms with Crippen LogP contribution in [0.1, 0.15) is 25.6 Å². The largest absolute Gasteiger partial charge is 0.465 e. The van der Waals surface area contributed by atoms with Crippen molar-refractivity contribution < 1.29 is 23.9 Å². The molecule has 0 aliphatic carbocycles. The van der Waals surface area contributed by atoms with E-state index >= 15 is 0 Å². The average Bonchev–Trinajstić information content (AvgIpc) is 3.04. The number of nitrogens with zero attached hydrogens (tertiary/aromatic N) is 1. The van der Waals surface area contributed by atoms with Gasteiger partial charge in [-0.3, -0.25) is 0 Å². The highest BCUT2D eigenvalue weighted by Crippen LogP contribution is 2.24. The summed E-state index contributed by atoms with van der Waals surface area (Å²) >= 11 is 4.90. The summed E-state index contributed by atoms with van der Waals surface area (Å²) in [6.45, 7) is 0.395. The van der Waals surface area contributed by atoms with Crippen LogP contribution in [0.4, 0.5) is 10.5 Å². The maximum Gasteiger partial charge on any atom is 0.339 e. The van der Waals surface area contributed by atoms with Crippen LogP contribution in [0.3, 0.4) is 0 Å². The molecule has 0 atom stereocenters. The molecule has 0 bridgehead atoms. The van der Waals surface area contributed by atoms with Crippen molar-refractivity contribution in [1.82, 2.24) is 4.90 Å². The first-order valence-electron chi connectivity index (χ1n) is 7.42. The lowest BCUT2D eigenvalue weighted by atomic mass is 10.1. The zero-order chi connectivity index (χ0) is 19.3. The fourth-order valence-electron chi connectivity index (χ4n) is 2.13. The van der Waals surface area contributed by atoms with E-state index in [2.05, 4.69) is 26.0 Å². The Balaban J connectivity index is 2.22. The van der Waals surface area contributed by atoms with E-state index in [9.17, 15) is 14.4 Å². The molecule has 0 unspecified atom stereocenters. The lowest BCUT2D eigenvalue weighted by molar-refractivity contribution is 0.0587. The van der Waals surface area contributed by atoms with Crippen molar-refractivity contribution in [1.29, 1.82) is 0 Å². The van der Waals surface area contributed by atoms with Crippen molar-refractivity contribution in [2.75, 3.05) is 26.6 Å². The van der Waals surface area contributed by atoms with Crippen molar-refractivity contribution >= 4 is 50.9 Å². The molecule has 26 heavy (non-hydrogen) atoms. The van der Waals surface area contributed by atoms with Gasteiger partial charge in [-0.1, -0.05) is 0 Å². The predicted octanol–water partition coefficient (Wildman–Crippen LogP) is 3.75. The number of esters is 2. The number of hydrogen-bond acceptors (Lipinski definition) is 6. The fraction of sp³-hybridized carbons (Fsp3) is 0.235. The summed E-state index contributed by atoms with van der Waals surface area (Å²) < 4.78 is 10.4. The second-order valence-electron chi connectivity index (χ2n) is 5.24. The summed E-state index contributed by atoms with van der Waals surface area (Å²) in [5.74, 6) is -1.20. The Bertz CT molecular complexity index is 836. The van der Waals surface area contributed by atoms with E-state index < -0.39 is 18.0 Å². The lowest BCUT2D eigenvalue weighted by Crippen LogP contribution is -2.31. The third-order valence-corrected chi connectivity index (χ3v) is 5.06. The second-order valence-corrected chi connectivity index (χ2v) is 7.78. The average molecular weight is 441 g/mol. The van der Waals surface area contributed by atoms with Crippen LogP contribution < -0.4 is 5.32 Å². The van der Waals surface area contributed by atoms with Gasteiger partial charge in [-0.05, 0) is 46.3 Å². The first-order chi connectivity index (χ1) is 12.3. The molecule has 1 N–H and O–H groups in total. The van der Waals surface area contributed by atoms with E-state index in [1.54, 1.807) is 7.05 Å². The summed E-state index contributed by atoms with van der Waals surface area (Å²) in [4.78, 5) is 38.6. The number of halogens is 1. The quantitative estimate of drug-likeness (QED) is 0.715. The Hall–Kier alpha value is -2.39. The van der Waals surface area contributed by atoms with Crippen molar-refractivity contribution in [2.45, 2.75) is 6.54 Å². The minimum atomic E-state index is -0.624. The molecular formula is C17H17BrN2O5S. The van der Waals surface area contributed by atoms with Gasteiger partial charge in [-0.2, -0.15) is 0 Å². The number of methoxy groups -OCH3 is 2. The van der Waals surface area contributed by atoms with Gasteiger partial charge in [0.1, 0.15) is 0 Å². The second kappa shape index (κ2) is 8.81. The van der Waals surface area contributed by atoms with Crippen LogP contribution >= 0.6 is 27.3 Å². The standard InChI is InChI=1S/C17H17BrN2O5S/c1-20(9-11-5-7-14(18)26-11)17(23)19-13-8-10(15(21)24-2)4-6-12(13)16(22)25-3/h4-8H,9H2,1-3H3,(H,19,23). The summed E-state index contributed by atoms with van der Waals surface area (Å²) in [6.07, 6.45) is 0. The Labute approximate surface area is 163 Å². The molecule has 0 fully saturated rings. The molecule has 7 nitrogen and oxygen atoms in total. The van der Waals surface area contributed by atoms with Crippen molar-refractivity contribution in [3.05, 3.63) is 50.1 Å². The van der Waals surface area contributed by atoms with E-state index in [0.717, 1.165) is 8.66 Å². The van der Waals surface area contributed by atoms with Gasteiger partial charge in [0, 0.05) is 11.9 Å². The first-order valence-corrected chi connectivity index (χ1v) is 9.03. The fourth-order valence-corrected chi connectivity index (χ4v) is 3.67. The monoisotopic (exact) mass is 440 g/mol. The first kappa shape index (κ1) is 19.9. The smallest absolute Gasteiger partial charge is 0.339 e. The van der Waals surface area contributed by atoms with Gasteiger partial charge in [0.25, 0.3) is 0 Å². The number of anilines is 1. The van der Waals surface area contributed by atoms with Gasteiger partial charge >= 0.3 is 18.0 Å². The number of amides is 2. The number of carbonyl (C=O) groups excluding carboxylic acids is 3. The molecule has 0 saturated heterocycles. The third-order valence-electron chi connectivity index (χ3n) is 3.46. The van der Waals surface area contributed by atoms with Gasteiger partial charge < -0.3 is 19.7 Å². The van der Waals surface area contributed by atoms with Crippen LogP contribution in [-0.4, -0.2) is 44.1 Å². The van der Waals surface area contributed by atoms with Gasteiger partial charge in [0.15, 0.2) is 0 Å². The van der Waals surface area contributed by atoms with Gasteiger partial charge in [0.05, 0.1) is 41.4 Å². The molecule has 0 aliphatic rings. The number of carbonyl (C=O) groups is 3. The summed E-state index contributed by atoms with van der Waals surface area (Å²) in [5, 5.41) is 2.64. The molecule has 1 aromatic heterocycles. The molecule has 138 valence electrons. The third kappa shape index (κ3) is 4.83. The topological polar surface area (TPSA) is 84.9 Å². The predicted molar refractivity (Wildman–Crippen MR) is 102 cm³/mol. The molecular weight excluding hydrogens is 424 g/mol. The molecule has 2 rings (SSSR count). The summed E-state index contributed by atoms with van der Waals surface area (Å²) in [6, 6.07) is 7.61. The highest BCUT2D eigenvalue weighted by Gasteiger charge is 2.19. The zero-order valence-electron chi connectivity index (χ0n) is 14.4. The molecule has 2 aromatic rings. The lowest BCUT2D eigenvalue weighted by Gasteiger charge is -2.18. The zero-order valence-corrected chi connectivity index (χ0v) is 16.8. The summed E-state index contributed by atoms with van der Waals surface area (Å²) in [5.41, 5.74) is 0.519. The highest BCUT2D eigenvalue weighted by molar-refractivity contribution is 9.11. The molecule has 1 heterocycles. The number of urea groups is 1. The van der Waals surface area contributed by atoms with Crippen molar-refractivity contribution in [2.24, 2.45) is 0 Å². The Kier molecular flexibility index (Phi) is 6.76. The number of thiophene rings is 1. The number of nitrogens with one attached hydrogen (secondary N) is 1. The Morgan fingerprint density at radius 2 is 1.81 bits per heavy atom.